The van der Waals surface area contributed by atoms with E-state index in [1.807, 2.05) is 24.0 Å². The van der Waals surface area contributed by atoms with Crippen molar-refractivity contribution < 1.29 is 4.74 Å². The molecule has 0 spiro atoms. The number of nitrogens with one attached hydrogen (secondary N) is 2. The topological polar surface area (TPSA) is 129 Å². The summed E-state index contributed by atoms with van der Waals surface area (Å²) in [5, 5.41) is 15.0. The van der Waals surface area contributed by atoms with Gasteiger partial charge >= 0.3 is 0 Å². The van der Waals surface area contributed by atoms with Gasteiger partial charge in [0.15, 0.2) is 5.82 Å². The maximum absolute atomic E-state index is 8.14. The van der Waals surface area contributed by atoms with Gasteiger partial charge in [-0.15, -0.1) is 0 Å². The molecular weight excluding hydrogens is 282 g/mol. The van der Waals surface area contributed by atoms with Crippen LogP contribution in [0.1, 0.15) is 19.0 Å². The molecule has 0 radical (unpaired) electrons. The summed E-state index contributed by atoms with van der Waals surface area (Å²) < 4.78 is 5.49. The molecule has 1 fully saturated rings. The quantitative estimate of drug-likeness (QED) is 0.464. The molecule has 1 saturated heterocycles. The van der Waals surface area contributed by atoms with Crippen LogP contribution in [-0.4, -0.2) is 59.1 Å². The predicted octanol–water partition coefficient (Wildman–Crippen LogP) is 0.458. The van der Waals surface area contributed by atoms with E-state index >= 15 is 0 Å². The highest BCUT2D eigenvalue weighted by Gasteiger charge is 2.21. The van der Waals surface area contributed by atoms with Crippen LogP contribution in [0.4, 0.5) is 5.82 Å². The Morgan fingerprint density at radius 1 is 1.68 bits per heavy atom. The molecule has 6 N–H and O–H groups in total. The molecule has 1 atom stereocenters. The Balaban J connectivity index is 1.93. The van der Waals surface area contributed by atoms with Crippen LogP contribution in [0.2, 0.25) is 0 Å². The highest BCUT2D eigenvalue weighted by molar-refractivity contribution is 6.01. The maximum Gasteiger partial charge on any atom is 0.175 e. The normalized spacial score (nSPS) is 19.8. The van der Waals surface area contributed by atoms with Crippen LogP contribution in [0.15, 0.2) is 17.1 Å². The summed E-state index contributed by atoms with van der Waals surface area (Å²) in [6.07, 6.45) is 4.06. The van der Waals surface area contributed by atoms with Crippen molar-refractivity contribution in [3.05, 3.63) is 17.8 Å². The van der Waals surface area contributed by atoms with Gasteiger partial charge in [-0.1, -0.05) is 6.08 Å². The molecule has 1 aliphatic rings. The Bertz CT molecular complexity index is 563. The summed E-state index contributed by atoms with van der Waals surface area (Å²) in [4.78, 5) is 6.16. The second-order valence-corrected chi connectivity index (χ2v) is 5.08. The molecule has 120 valence electrons. The molecule has 0 aromatic carbocycles. The Morgan fingerprint density at radius 2 is 2.50 bits per heavy atom. The van der Waals surface area contributed by atoms with Gasteiger partial charge in [-0.05, 0) is 13.0 Å². The molecule has 1 aromatic heterocycles. The van der Waals surface area contributed by atoms with Crippen LogP contribution in [0.25, 0.3) is 6.08 Å². The van der Waals surface area contributed by atoms with Gasteiger partial charge in [-0.3, -0.25) is 10.5 Å². The van der Waals surface area contributed by atoms with Gasteiger partial charge in [0.1, 0.15) is 11.7 Å². The number of ether oxygens (including phenoxy) is 1. The number of H-pyrrole nitrogens is 1. The Kier molecular flexibility index (Phi) is 5.68. The summed E-state index contributed by atoms with van der Waals surface area (Å²) in [5.41, 5.74) is 12.4. The molecule has 1 aromatic rings. The molecule has 2 heterocycles. The molecule has 2 rings (SSSR count). The van der Waals surface area contributed by atoms with Crippen molar-refractivity contribution in [1.29, 1.82) is 5.41 Å². The Labute approximate surface area is 129 Å². The van der Waals surface area contributed by atoms with Crippen LogP contribution < -0.4 is 11.5 Å². The van der Waals surface area contributed by atoms with Gasteiger partial charge in [0, 0.05) is 25.7 Å². The first kappa shape index (κ1) is 16.2. The van der Waals surface area contributed by atoms with E-state index in [1.54, 1.807) is 6.07 Å². The SMILES string of the molecule is C/C=C/c1cc(N=C(N)CC(=N)N2CCOC(CN)C2)n[nH]1. The van der Waals surface area contributed by atoms with E-state index in [4.69, 9.17) is 21.6 Å². The number of hydrogen-bond donors (Lipinski definition) is 4. The molecule has 0 saturated carbocycles. The van der Waals surface area contributed by atoms with Gasteiger partial charge in [0.05, 0.1) is 24.8 Å². The van der Waals surface area contributed by atoms with Gasteiger partial charge in [-0.25, -0.2) is 4.99 Å². The molecule has 0 amide bonds. The smallest absolute Gasteiger partial charge is 0.175 e. The monoisotopic (exact) mass is 305 g/mol. The fraction of sp³-hybridized carbons (Fsp3) is 0.500. The zero-order valence-electron chi connectivity index (χ0n) is 12.7. The molecule has 0 aliphatic carbocycles. The highest BCUT2D eigenvalue weighted by Crippen LogP contribution is 2.12. The Morgan fingerprint density at radius 3 is 3.23 bits per heavy atom. The van der Waals surface area contributed by atoms with Gasteiger partial charge in [0.25, 0.3) is 0 Å². The molecule has 8 nitrogen and oxygen atoms in total. The lowest BCUT2D eigenvalue weighted by molar-refractivity contribution is -0.000425. The molecule has 8 heteroatoms. The van der Waals surface area contributed by atoms with E-state index in [-0.39, 0.29) is 12.5 Å². The number of aromatic nitrogens is 2. The lowest BCUT2D eigenvalue weighted by Gasteiger charge is -2.34. The van der Waals surface area contributed by atoms with Crippen LogP contribution >= 0.6 is 0 Å². The van der Waals surface area contributed by atoms with Crippen LogP contribution in [0, 0.1) is 5.41 Å². The molecule has 1 aliphatic heterocycles. The zero-order chi connectivity index (χ0) is 15.9. The van der Waals surface area contributed by atoms with Crippen LogP contribution in [0.3, 0.4) is 0 Å². The summed E-state index contributed by atoms with van der Waals surface area (Å²) in [7, 11) is 0. The second-order valence-electron chi connectivity index (χ2n) is 5.08. The van der Waals surface area contributed by atoms with E-state index in [9.17, 15) is 0 Å². The number of morpholine rings is 1. The third kappa shape index (κ3) is 4.40. The largest absolute Gasteiger partial charge is 0.387 e. The minimum atomic E-state index is -0.0259. The first-order valence-electron chi connectivity index (χ1n) is 7.27. The minimum Gasteiger partial charge on any atom is -0.387 e. The standard InChI is InChI=1S/C14H23N7O/c1-2-3-10-6-14(20-19-10)18-12(16)7-13(17)21-4-5-22-11(8-15)9-21/h2-3,6,11,17H,4-5,7-9,15H2,1H3,(H3,16,18,19,20)/b3-2+,17-13?. The minimum absolute atomic E-state index is 0.0259. The fourth-order valence-electron chi connectivity index (χ4n) is 2.22. The molecular formula is C14H23N7O. The maximum atomic E-state index is 8.14. The number of amidine groups is 2. The van der Waals surface area contributed by atoms with Crippen molar-refractivity contribution >= 4 is 23.6 Å². The highest BCUT2D eigenvalue weighted by atomic mass is 16.5. The van der Waals surface area contributed by atoms with Crippen molar-refractivity contribution in [2.45, 2.75) is 19.4 Å². The van der Waals surface area contributed by atoms with Gasteiger partial charge < -0.3 is 21.1 Å². The first-order chi connectivity index (χ1) is 10.6. The number of nitrogens with zero attached hydrogens (tertiary/aromatic N) is 3. The van der Waals surface area contributed by atoms with E-state index in [0.717, 1.165) is 5.69 Å². The first-order valence-corrected chi connectivity index (χ1v) is 7.27. The van der Waals surface area contributed by atoms with Crippen molar-refractivity contribution in [2.75, 3.05) is 26.2 Å². The number of aliphatic imine (C=N–C) groups is 1. The average molecular weight is 305 g/mol. The summed E-state index contributed by atoms with van der Waals surface area (Å²) >= 11 is 0. The van der Waals surface area contributed by atoms with E-state index in [1.165, 1.54) is 0 Å². The summed E-state index contributed by atoms with van der Waals surface area (Å²) in [6, 6.07) is 1.80. The van der Waals surface area contributed by atoms with Crippen LogP contribution in [0.5, 0.6) is 0 Å². The fourth-order valence-corrected chi connectivity index (χ4v) is 2.22. The number of rotatable bonds is 5. The molecule has 22 heavy (non-hydrogen) atoms. The summed E-state index contributed by atoms with van der Waals surface area (Å²) in [5.74, 6) is 1.30. The van der Waals surface area contributed by atoms with E-state index in [0.29, 0.717) is 43.7 Å². The Hall–Kier alpha value is -2.19. The van der Waals surface area contributed by atoms with E-state index < -0.39 is 0 Å². The zero-order valence-corrected chi connectivity index (χ0v) is 12.7. The van der Waals surface area contributed by atoms with Gasteiger partial charge in [0.2, 0.25) is 0 Å². The number of aromatic amines is 1. The average Bonchev–Trinajstić information content (AvgIpc) is 2.94. The number of allylic oxidation sites excluding steroid dienone is 1. The van der Waals surface area contributed by atoms with Gasteiger partial charge in [-0.2, -0.15) is 5.10 Å². The van der Waals surface area contributed by atoms with Crippen molar-refractivity contribution in [1.82, 2.24) is 15.1 Å². The molecule has 0 bridgehead atoms. The molecule has 1 unspecified atom stereocenters. The van der Waals surface area contributed by atoms with Crippen molar-refractivity contribution in [2.24, 2.45) is 16.5 Å². The third-order valence-corrected chi connectivity index (χ3v) is 3.32. The number of hydrogen-bond acceptors (Lipinski definition) is 5. The lowest BCUT2D eigenvalue weighted by Crippen LogP contribution is -2.48. The second kappa shape index (κ2) is 7.71. The van der Waals surface area contributed by atoms with Crippen molar-refractivity contribution in [3.63, 3.8) is 0 Å². The van der Waals surface area contributed by atoms with Crippen LogP contribution in [-0.2, 0) is 4.74 Å². The number of nitrogens with two attached hydrogens (primary N) is 2. The summed E-state index contributed by atoms with van der Waals surface area (Å²) in [6.45, 7) is 4.26. The predicted molar refractivity (Wildman–Crippen MR) is 87.3 cm³/mol. The lowest BCUT2D eigenvalue weighted by atomic mass is 10.2. The third-order valence-electron chi connectivity index (χ3n) is 3.32. The van der Waals surface area contributed by atoms with Crippen molar-refractivity contribution in [3.8, 4) is 0 Å². The van der Waals surface area contributed by atoms with E-state index in [2.05, 4.69) is 15.2 Å².